The molecule has 0 atom stereocenters. The number of benzene rings is 2. The molecule has 1 aromatic heterocycles. The Hall–Kier alpha value is -2.97. The van der Waals surface area contributed by atoms with Crippen LogP contribution < -0.4 is 4.72 Å². The quantitative estimate of drug-likeness (QED) is 0.512. The molecule has 0 bridgehead atoms. The Bertz CT molecular complexity index is 1230. The zero-order chi connectivity index (χ0) is 22.6. The minimum atomic E-state index is -4.01. The maximum Gasteiger partial charge on any atom is 0.310 e. The Balaban J connectivity index is 2.11. The van der Waals surface area contributed by atoms with Crippen LogP contribution in [0, 0.1) is 12.7 Å². The van der Waals surface area contributed by atoms with E-state index in [1.54, 1.807) is 19.9 Å². The van der Waals surface area contributed by atoms with Gasteiger partial charge in [-0.05, 0) is 60.9 Å². The third-order valence-electron chi connectivity index (χ3n) is 4.37. The second-order valence-corrected chi connectivity index (χ2v) is 8.87. The molecule has 0 amide bonds. The number of pyridine rings is 1. The number of aromatic nitrogens is 1. The van der Waals surface area contributed by atoms with Gasteiger partial charge in [-0.1, -0.05) is 23.7 Å². The first kappa shape index (κ1) is 22.7. The predicted molar refractivity (Wildman–Crippen MR) is 117 cm³/mol. The summed E-state index contributed by atoms with van der Waals surface area (Å²) in [5, 5.41) is 0.229. The summed E-state index contributed by atoms with van der Waals surface area (Å²) in [6.07, 6.45) is 2.63. The number of ether oxygens (including phenoxy) is 1. The van der Waals surface area contributed by atoms with E-state index in [9.17, 15) is 17.6 Å². The highest BCUT2D eigenvalue weighted by atomic mass is 35.5. The summed E-state index contributed by atoms with van der Waals surface area (Å²) >= 11 is 6.36. The number of rotatable bonds is 7. The summed E-state index contributed by atoms with van der Waals surface area (Å²) in [6, 6.07) is 10.1. The average Bonchev–Trinajstić information content (AvgIpc) is 2.70. The highest BCUT2D eigenvalue weighted by molar-refractivity contribution is 7.92. The van der Waals surface area contributed by atoms with Crippen LogP contribution in [0.4, 0.5) is 10.1 Å². The van der Waals surface area contributed by atoms with Crippen molar-refractivity contribution in [2.75, 3.05) is 11.3 Å². The number of hydrogen-bond donors (Lipinski definition) is 1. The minimum absolute atomic E-state index is 0.0282. The zero-order valence-electron chi connectivity index (χ0n) is 16.9. The average molecular weight is 463 g/mol. The molecule has 9 heteroatoms. The maximum atomic E-state index is 13.8. The van der Waals surface area contributed by atoms with Crippen molar-refractivity contribution < 1.29 is 22.3 Å². The van der Waals surface area contributed by atoms with Crippen LogP contribution in [0.25, 0.3) is 11.1 Å². The van der Waals surface area contributed by atoms with Gasteiger partial charge in [0.25, 0.3) is 10.0 Å². The first-order chi connectivity index (χ1) is 14.7. The lowest BCUT2D eigenvalue weighted by Gasteiger charge is -2.16. The van der Waals surface area contributed by atoms with Crippen molar-refractivity contribution >= 4 is 33.3 Å². The Morgan fingerprint density at radius 2 is 1.97 bits per heavy atom. The van der Waals surface area contributed by atoms with E-state index in [4.69, 9.17) is 16.3 Å². The van der Waals surface area contributed by atoms with Crippen LogP contribution in [0.15, 0.2) is 59.8 Å². The first-order valence-corrected chi connectivity index (χ1v) is 11.2. The molecule has 0 saturated carbocycles. The Morgan fingerprint density at radius 1 is 1.19 bits per heavy atom. The van der Waals surface area contributed by atoms with E-state index in [1.165, 1.54) is 48.8 Å². The molecule has 0 aliphatic rings. The van der Waals surface area contributed by atoms with E-state index < -0.39 is 21.8 Å². The molecule has 0 spiro atoms. The van der Waals surface area contributed by atoms with E-state index in [0.29, 0.717) is 22.3 Å². The van der Waals surface area contributed by atoms with Gasteiger partial charge in [0.15, 0.2) is 0 Å². The molecule has 6 nitrogen and oxygen atoms in total. The fourth-order valence-corrected chi connectivity index (χ4v) is 4.33. The minimum Gasteiger partial charge on any atom is -0.466 e. The molecular weight excluding hydrogens is 443 g/mol. The molecule has 1 N–H and O–H groups in total. The zero-order valence-corrected chi connectivity index (χ0v) is 18.4. The summed E-state index contributed by atoms with van der Waals surface area (Å²) in [6.45, 7) is 3.61. The van der Waals surface area contributed by atoms with E-state index in [2.05, 4.69) is 9.71 Å². The number of nitrogens with zero attached hydrogens (tertiary/aromatic N) is 1. The second-order valence-electron chi connectivity index (χ2n) is 6.78. The molecule has 0 aliphatic heterocycles. The summed E-state index contributed by atoms with van der Waals surface area (Å²) < 4.78 is 47.3. The molecule has 0 unspecified atom stereocenters. The SMILES string of the molecule is CCOC(=O)Cc1cc(NS(=O)(=O)c2cncc(C)c2)c(-c2cccc(F)c2)cc1Cl. The smallest absolute Gasteiger partial charge is 0.310 e. The summed E-state index contributed by atoms with van der Waals surface area (Å²) in [7, 11) is -4.01. The molecular formula is C22H20ClFN2O4S. The standard InChI is InChI=1S/C22H20ClFN2O4S/c1-3-30-22(27)10-16-9-21(26-31(28,29)18-7-14(2)12-25-13-18)19(11-20(16)23)15-5-4-6-17(24)8-15/h4-9,11-13,26H,3,10H2,1-2H3. The van der Waals surface area contributed by atoms with E-state index in [1.807, 2.05) is 0 Å². The van der Waals surface area contributed by atoms with Gasteiger partial charge in [-0.15, -0.1) is 0 Å². The van der Waals surface area contributed by atoms with Gasteiger partial charge in [-0.2, -0.15) is 0 Å². The van der Waals surface area contributed by atoms with Gasteiger partial charge >= 0.3 is 5.97 Å². The van der Waals surface area contributed by atoms with Crippen molar-refractivity contribution in [1.82, 2.24) is 4.98 Å². The second kappa shape index (κ2) is 9.45. The number of carbonyl (C=O) groups excluding carboxylic acids is 1. The van der Waals surface area contributed by atoms with Crippen LogP contribution in [-0.2, 0) is 26.0 Å². The van der Waals surface area contributed by atoms with Crippen molar-refractivity contribution in [3.63, 3.8) is 0 Å². The van der Waals surface area contributed by atoms with Crippen LogP contribution in [0.5, 0.6) is 0 Å². The van der Waals surface area contributed by atoms with Crippen molar-refractivity contribution in [1.29, 1.82) is 0 Å². The van der Waals surface area contributed by atoms with Crippen molar-refractivity contribution in [3.8, 4) is 11.1 Å². The molecule has 0 fully saturated rings. The Kier molecular flexibility index (Phi) is 6.92. The third kappa shape index (κ3) is 5.59. The van der Waals surface area contributed by atoms with Crippen molar-refractivity contribution in [2.45, 2.75) is 25.2 Å². The summed E-state index contributed by atoms with van der Waals surface area (Å²) in [4.78, 5) is 15.8. The van der Waals surface area contributed by atoms with E-state index >= 15 is 0 Å². The molecule has 2 aromatic carbocycles. The van der Waals surface area contributed by atoms with Gasteiger partial charge in [0.2, 0.25) is 0 Å². The van der Waals surface area contributed by atoms with Gasteiger partial charge in [0.05, 0.1) is 18.7 Å². The number of esters is 1. The Labute approximate surface area is 185 Å². The normalized spacial score (nSPS) is 11.2. The molecule has 3 aromatic rings. The number of aryl methyl sites for hydroxylation is 1. The van der Waals surface area contributed by atoms with E-state index in [0.717, 1.165) is 0 Å². The third-order valence-corrected chi connectivity index (χ3v) is 6.05. The van der Waals surface area contributed by atoms with Gasteiger partial charge in [0.1, 0.15) is 10.7 Å². The molecule has 31 heavy (non-hydrogen) atoms. The lowest BCUT2D eigenvalue weighted by Crippen LogP contribution is -2.15. The van der Waals surface area contributed by atoms with Crippen LogP contribution in [-0.4, -0.2) is 26.0 Å². The largest absolute Gasteiger partial charge is 0.466 e. The van der Waals surface area contributed by atoms with Gasteiger partial charge < -0.3 is 4.74 Å². The number of halogens is 2. The van der Waals surface area contributed by atoms with Gasteiger partial charge in [-0.25, -0.2) is 12.8 Å². The molecule has 0 aliphatic carbocycles. The maximum absolute atomic E-state index is 13.8. The van der Waals surface area contributed by atoms with Gasteiger partial charge in [0, 0.05) is 23.0 Å². The van der Waals surface area contributed by atoms with E-state index in [-0.39, 0.29) is 28.6 Å². The van der Waals surface area contributed by atoms with Crippen molar-refractivity contribution in [3.05, 3.63) is 76.8 Å². The lowest BCUT2D eigenvalue weighted by molar-refractivity contribution is -0.142. The lowest BCUT2D eigenvalue weighted by atomic mass is 10.0. The fourth-order valence-electron chi connectivity index (χ4n) is 2.98. The predicted octanol–water partition coefficient (Wildman–Crippen LogP) is 4.76. The van der Waals surface area contributed by atoms with Crippen LogP contribution in [0.2, 0.25) is 5.02 Å². The van der Waals surface area contributed by atoms with Crippen LogP contribution in [0.3, 0.4) is 0 Å². The van der Waals surface area contributed by atoms with Crippen LogP contribution >= 0.6 is 11.6 Å². The highest BCUT2D eigenvalue weighted by Gasteiger charge is 2.20. The number of nitrogens with one attached hydrogen (secondary N) is 1. The van der Waals surface area contributed by atoms with Crippen LogP contribution in [0.1, 0.15) is 18.1 Å². The topological polar surface area (TPSA) is 85.4 Å². The summed E-state index contributed by atoms with van der Waals surface area (Å²) in [5.74, 6) is -0.986. The number of sulfonamides is 1. The number of anilines is 1. The molecule has 0 saturated heterocycles. The monoisotopic (exact) mass is 462 g/mol. The molecule has 162 valence electrons. The number of hydrogen-bond acceptors (Lipinski definition) is 5. The summed E-state index contributed by atoms with van der Waals surface area (Å²) in [5.41, 5.74) is 1.98. The number of carbonyl (C=O) groups is 1. The molecule has 3 rings (SSSR count). The highest BCUT2D eigenvalue weighted by Crippen LogP contribution is 2.35. The van der Waals surface area contributed by atoms with Crippen molar-refractivity contribution in [2.24, 2.45) is 0 Å². The molecule has 0 radical (unpaired) electrons. The fraction of sp³-hybridized carbons (Fsp3) is 0.182. The van der Waals surface area contributed by atoms with Gasteiger partial charge in [-0.3, -0.25) is 14.5 Å². The first-order valence-electron chi connectivity index (χ1n) is 9.38. The Morgan fingerprint density at radius 3 is 2.65 bits per heavy atom. The molecule has 1 heterocycles.